The number of hydrogen-bond acceptors (Lipinski definition) is 3. The van der Waals surface area contributed by atoms with Crippen molar-refractivity contribution in [3.05, 3.63) is 0 Å². The maximum absolute atomic E-state index is 10.1. The van der Waals surface area contributed by atoms with Crippen LogP contribution in [0.15, 0.2) is 0 Å². The molecular weight excluding hydrogens is 144 g/mol. The van der Waals surface area contributed by atoms with Crippen LogP contribution in [-0.4, -0.2) is 30.3 Å². The number of carboxylic acid groups (broad SMARTS) is 1. The van der Waals surface area contributed by atoms with Crippen LogP contribution in [0.5, 0.6) is 0 Å². The summed E-state index contributed by atoms with van der Waals surface area (Å²) in [6.07, 6.45) is 2.28. The van der Waals surface area contributed by atoms with Crippen LogP contribution >= 0.6 is 0 Å². The lowest BCUT2D eigenvalue weighted by Crippen LogP contribution is -2.30. The van der Waals surface area contributed by atoms with Gasteiger partial charge in [0.2, 0.25) is 0 Å². The lowest BCUT2D eigenvalue weighted by Gasteiger charge is -2.08. The van der Waals surface area contributed by atoms with E-state index >= 15 is 0 Å². The molecule has 0 bridgehead atoms. The van der Waals surface area contributed by atoms with Crippen LogP contribution in [-0.2, 0) is 4.79 Å². The van der Waals surface area contributed by atoms with Gasteiger partial charge in [-0.25, -0.2) is 0 Å². The van der Waals surface area contributed by atoms with Gasteiger partial charge >= 0.3 is 5.97 Å². The van der Waals surface area contributed by atoms with E-state index in [9.17, 15) is 4.79 Å². The van der Waals surface area contributed by atoms with E-state index in [1.807, 2.05) is 0 Å². The molecule has 0 radical (unpaired) electrons. The molecule has 1 saturated heterocycles. The van der Waals surface area contributed by atoms with Crippen molar-refractivity contribution in [2.75, 3.05) is 13.1 Å². The van der Waals surface area contributed by atoms with Gasteiger partial charge in [0.25, 0.3) is 0 Å². The third kappa shape index (κ3) is 3.34. The number of aliphatic carboxylic acids is 1. The van der Waals surface area contributed by atoms with Crippen LogP contribution in [0.25, 0.3) is 0 Å². The summed E-state index contributed by atoms with van der Waals surface area (Å²) < 4.78 is 0. The summed E-state index contributed by atoms with van der Waals surface area (Å²) in [5.74, 6) is -0.706. The van der Waals surface area contributed by atoms with E-state index in [-0.39, 0.29) is 6.42 Å². The van der Waals surface area contributed by atoms with Gasteiger partial charge in [-0.05, 0) is 12.8 Å². The minimum atomic E-state index is -0.706. The summed E-state index contributed by atoms with van der Waals surface area (Å²) in [6.45, 7) is 2.00. The third-order valence-corrected chi connectivity index (χ3v) is 1.79. The zero-order chi connectivity index (χ0) is 8.10. The molecule has 0 unspecified atom stereocenters. The number of carboxylic acids is 1. The molecule has 0 saturated carbocycles. The smallest absolute Gasteiger partial charge is 0.303 e. The highest BCUT2D eigenvalue weighted by molar-refractivity contribution is 5.66. The molecule has 0 atom stereocenters. The Morgan fingerprint density at radius 1 is 1.45 bits per heavy atom. The summed E-state index contributed by atoms with van der Waals surface area (Å²) in [4.78, 5) is 10.1. The lowest BCUT2D eigenvalue weighted by molar-refractivity contribution is -0.137. The van der Waals surface area contributed by atoms with Gasteiger partial charge in [0.05, 0.1) is 6.17 Å². The van der Waals surface area contributed by atoms with E-state index in [0.717, 1.165) is 25.9 Å². The Hall–Kier alpha value is -0.610. The van der Waals surface area contributed by atoms with Gasteiger partial charge in [-0.2, -0.15) is 0 Å². The van der Waals surface area contributed by atoms with E-state index in [2.05, 4.69) is 10.6 Å². The molecule has 1 fully saturated rings. The molecule has 0 aromatic carbocycles. The van der Waals surface area contributed by atoms with Crippen LogP contribution < -0.4 is 10.6 Å². The molecule has 3 N–H and O–H groups in total. The van der Waals surface area contributed by atoms with Crippen molar-refractivity contribution in [2.45, 2.75) is 25.4 Å². The van der Waals surface area contributed by atoms with E-state index in [0.29, 0.717) is 6.17 Å². The number of carbonyl (C=O) groups is 1. The van der Waals surface area contributed by atoms with Crippen LogP contribution in [0.1, 0.15) is 19.3 Å². The number of hydrogen-bond donors (Lipinski definition) is 3. The molecule has 1 aliphatic heterocycles. The Morgan fingerprint density at radius 3 is 2.64 bits per heavy atom. The Labute approximate surface area is 66.0 Å². The first-order chi connectivity index (χ1) is 5.29. The van der Waals surface area contributed by atoms with Gasteiger partial charge in [0.1, 0.15) is 0 Å². The predicted molar refractivity (Wildman–Crippen MR) is 41.3 cm³/mol. The van der Waals surface area contributed by atoms with E-state index in [4.69, 9.17) is 5.11 Å². The molecule has 1 heterocycles. The molecule has 4 nitrogen and oxygen atoms in total. The second-order valence-electron chi connectivity index (χ2n) is 2.75. The highest BCUT2D eigenvalue weighted by atomic mass is 16.4. The molecule has 11 heavy (non-hydrogen) atoms. The highest BCUT2D eigenvalue weighted by Crippen LogP contribution is 2.00. The van der Waals surface area contributed by atoms with Crippen LogP contribution in [0.4, 0.5) is 0 Å². The molecule has 0 aromatic heterocycles. The second kappa shape index (κ2) is 4.31. The summed E-state index contributed by atoms with van der Waals surface area (Å²) in [5, 5.41) is 14.8. The summed E-state index contributed by atoms with van der Waals surface area (Å²) in [5.41, 5.74) is 0. The quantitative estimate of drug-likeness (QED) is 0.528. The van der Waals surface area contributed by atoms with Gasteiger partial charge < -0.3 is 15.7 Å². The zero-order valence-corrected chi connectivity index (χ0v) is 6.47. The van der Waals surface area contributed by atoms with Gasteiger partial charge in [-0.3, -0.25) is 4.79 Å². The van der Waals surface area contributed by atoms with Crippen molar-refractivity contribution in [1.29, 1.82) is 0 Å². The first-order valence-corrected chi connectivity index (χ1v) is 3.97. The Balaban J connectivity index is 1.98. The average Bonchev–Trinajstić information content (AvgIpc) is 2.39. The van der Waals surface area contributed by atoms with Crippen molar-refractivity contribution in [2.24, 2.45) is 0 Å². The standard InChI is InChI=1S/C7H14N2O2/c10-7(11)3-1-2-6-8-4-5-9-6/h6,8-9H,1-5H2,(H,10,11). The highest BCUT2D eigenvalue weighted by Gasteiger charge is 2.12. The molecule has 4 heteroatoms. The summed E-state index contributed by atoms with van der Waals surface area (Å²) in [7, 11) is 0. The maximum Gasteiger partial charge on any atom is 0.303 e. The molecule has 64 valence electrons. The van der Waals surface area contributed by atoms with Crippen molar-refractivity contribution < 1.29 is 9.90 Å². The molecule has 0 spiro atoms. The van der Waals surface area contributed by atoms with E-state index < -0.39 is 5.97 Å². The molecule has 0 amide bonds. The number of rotatable bonds is 4. The fourth-order valence-corrected chi connectivity index (χ4v) is 1.23. The predicted octanol–water partition coefficient (Wildman–Crippen LogP) is -0.240. The minimum absolute atomic E-state index is 0.278. The van der Waals surface area contributed by atoms with Gasteiger partial charge in [0.15, 0.2) is 0 Å². The van der Waals surface area contributed by atoms with Crippen molar-refractivity contribution in [3.63, 3.8) is 0 Å². The molecule has 0 aliphatic carbocycles. The normalized spacial score (nSPS) is 18.9. The fraction of sp³-hybridized carbons (Fsp3) is 0.857. The van der Waals surface area contributed by atoms with Crippen molar-refractivity contribution in [3.8, 4) is 0 Å². The maximum atomic E-state index is 10.1. The summed E-state index contributed by atoms with van der Waals surface area (Å²) >= 11 is 0. The third-order valence-electron chi connectivity index (χ3n) is 1.79. The Morgan fingerprint density at radius 2 is 2.09 bits per heavy atom. The second-order valence-corrected chi connectivity index (χ2v) is 2.75. The first-order valence-electron chi connectivity index (χ1n) is 3.97. The zero-order valence-electron chi connectivity index (χ0n) is 6.47. The fourth-order valence-electron chi connectivity index (χ4n) is 1.23. The largest absolute Gasteiger partial charge is 0.481 e. The monoisotopic (exact) mass is 158 g/mol. The minimum Gasteiger partial charge on any atom is -0.481 e. The van der Waals surface area contributed by atoms with E-state index in [1.54, 1.807) is 0 Å². The summed E-state index contributed by atoms with van der Waals surface area (Å²) in [6, 6.07) is 0. The average molecular weight is 158 g/mol. The van der Waals surface area contributed by atoms with Crippen LogP contribution in [0.3, 0.4) is 0 Å². The molecule has 1 aliphatic rings. The Bertz CT molecular complexity index is 132. The number of nitrogens with one attached hydrogen (secondary N) is 2. The molecule has 0 aromatic rings. The topological polar surface area (TPSA) is 61.4 Å². The van der Waals surface area contributed by atoms with Crippen LogP contribution in [0, 0.1) is 0 Å². The Kier molecular flexibility index (Phi) is 3.32. The van der Waals surface area contributed by atoms with Gasteiger partial charge in [-0.15, -0.1) is 0 Å². The first kappa shape index (κ1) is 8.49. The van der Waals surface area contributed by atoms with Crippen molar-refractivity contribution in [1.82, 2.24) is 10.6 Å². The van der Waals surface area contributed by atoms with E-state index in [1.165, 1.54) is 0 Å². The SMILES string of the molecule is O=C(O)CCCC1NCCN1. The van der Waals surface area contributed by atoms with Crippen molar-refractivity contribution >= 4 is 5.97 Å². The van der Waals surface area contributed by atoms with Gasteiger partial charge in [-0.1, -0.05) is 0 Å². The van der Waals surface area contributed by atoms with Crippen LogP contribution in [0.2, 0.25) is 0 Å². The lowest BCUT2D eigenvalue weighted by atomic mass is 10.2. The molecule has 1 rings (SSSR count). The van der Waals surface area contributed by atoms with Gasteiger partial charge in [0, 0.05) is 19.5 Å². The molecular formula is C7H14N2O2.